The molecule has 3 nitrogen and oxygen atoms in total. The average molecular weight is 489 g/mol. The van der Waals surface area contributed by atoms with Crippen molar-refractivity contribution in [1.82, 2.24) is 0 Å². The molecule has 200 valence electrons. The maximum absolute atomic E-state index is 10.2. The van der Waals surface area contributed by atoms with Crippen molar-refractivity contribution in [3.63, 3.8) is 0 Å². The summed E-state index contributed by atoms with van der Waals surface area (Å²) < 4.78 is 4.12. The van der Waals surface area contributed by atoms with Gasteiger partial charge in [-0.15, -0.1) is 0 Å². The van der Waals surface area contributed by atoms with E-state index in [0.29, 0.717) is 0 Å². The van der Waals surface area contributed by atoms with Crippen LogP contribution in [0.1, 0.15) is 151 Å². The molecule has 0 atom stereocenters. The van der Waals surface area contributed by atoms with Crippen molar-refractivity contribution in [2.75, 3.05) is 24.6 Å². The topological polar surface area (TPSA) is 43.4 Å². The van der Waals surface area contributed by atoms with Gasteiger partial charge in [-0.05, 0) is 0 Å². The normalized spacial score (nSPS) is 11.6. The first kappa shape index (κ1) is 34.7. The third kappa shape index (κ3) is 24.5. The van der Waals surface area contributed by atoms with Crippen molar-refractivity contribution in [2.45, 2.75) is 151 Å². The number of ether oxygens (including phenoxy) is 1. The van der Waals surface area contributed by atoms with E-state index >= 15 is 0 Å². The molecule has 0 aromatic rings. The zero-order valence-corrected chi connectivity index (χ0v) is 24.6. The summed E-state index contributed by atoms with van der Waals surface area (Å²) in [5, 5.41) is 0. The third-order valence-electron chi connectivity index (χ3n) is 6.79. The summed E-state index contributed by atoms with van der Waals surface area (Å²) >= 11 is 0. The monoisotopic (exact) mass is 488 g/mol. The number of carbonyl (C=O) groups excluding carboxylic acids is 2. The van der Waals surface area contributed by atoms with Crippen LogP contribution in [0.4, 0.5) is 0 Å². The van der Waals surface area contributed by atoms with Gasteiger partial charge in [-0.1, -0.05) is 6.92 Å². The molecule has 0 spiro atoms. The molecule has 0 bridgehead atoms. The summed E-state index contributed by atoms with van der Waals surface area (Å²) in [6.45, 7) is 12.2. The predicted molar refractivity (Wildman–Crippen MR) is 151 cm³/mol. The number of unbranched alkanes of at least 4 members (excludes halogenated alkanes) is 12. The van der Waals surface area contributed by atoms with E-state index in [4.69, 9.17) is 0 Å². The van der Waals surface area contributed by atoms with Crippen LogP contribution in [0.25, 0.3) is 0 Å². The zero-order valence-electron chi connectivity index (χ0n) is 23.6. The average Bonchev–Trinajstić information content (AvgIpc) is 2.80. The molecular formula is C29H61O3P. The second-order valence-corrected chi connectivity index (χ2v) is 15.1. The molecule has 0 aromatic heterocycles. The number of hydrogen-bond donors (Lipinski definition) is 0. The molecule has 0 saturated carbocycles. The SMILES string of the molecule is CCC(=O)OC(C)=O.CCCCCC[PH](CCCCCC)(CCCCCC)CCCCCC. The van der Waals surface area contributed by atoms with Crippen LogP contribution in [-0.4, -0.2) is 36.6 Å². The maximum atomic E-state index is 10.2. The molecule has 0 amide bonds. The minimum absolute atomic E-state index is 0.250. The van der Waals surface area contributed by atoms with Gasteiger partial charge in [-0.2, -0.15) is 0 Å². The Morgan fingerprint density at radius 1 is 0.515 bits per heavy atom. The molecule has 0 heterocycles. The Hall–Kier alpha value is -0.430. The molecule has 0 aliphatic carbocycles. The van der Waals surface area contributed by atoms with Crippen molar-refractivity contribution in [3.8, 4) is 0 Å². The standard InChI is InChI=1S/C24H53P.C5H8O3/c1-5-9-13-17-21-25(22-18-14-10-6-2,23-19-15-11-7-3)24-20-16-12-8-4;1-3-5(7)8-4(2)6/h25H,5-24H2,1-4H3;3H2,1-2H3. The summed E-state index contributed by atoms with van der Waals surface area (Å²) in [6, 6.07) is 0. The van der Waals surface area contributed by atoms with Crippen molar-refractivity contribution in [2.24, 2.45) is 0 Å². The Morgan fingerprint density at radius 2 is 0.818 bits per heavy atom. The molecule has 0 aromatic carbocycles. The van der Waals surface area contributed by atoms with E-state index < -0.39 is 19.2 Å². The third-order valence-corrected chi connectivity index (χ3v) is 12.4. The molecule has 0 saturated heterocycles. The molecule has 0 aliphatic heterocycles. The van der Waals surface area contributed by atoms with Gasteiger partial charge in [0.25, 0.3) is 0 Å². The van der Waals surface area contributed by atoms with Crippen LogP contribution in [0, 0.1) is 0 Å². The van der Waals surface area contributed by atoms with Crippen molar-refractivity contribution >= 4 is 19.2 Å². The molecule has 0 aliphatic rings. The zero-order chi connectivity index (χ0) is 25.2. The van der Waals surface area contributed by atoms with Crippen LogP contribution in [0.15, 0.2) is 0 Å². The van der Waals surface area contributed by atoms with E-state index in [1.807, 2.05) is 0 Å². The Kier molecular flexibility index (Phi) is 27.6. The van der Waals surface area contributed by atoms with Crippen LogP contribution in [-0.2, 0) is 14.3 Å². The van der Waals surface area contributed by atoms with Crippen LogP contribution < -0.4 is 0 Å². The first-order chi connectivity index (χ1) is 15.9. The number of carbonyl (C=O) groups is 2. The van der Waals surface area contributed by atoms with Crippen molar-refractivity contribution in [3.05, 3.63) is 0 Å². The number of hydrogen-bond acceptors (Lipinski definition) is 3. The molecular weight excluding hydrogens is 427 g/mol. The van der Waals surface area contributed by atoms with Crippen LogP contribution in [0.2, 0.25) is 0 Å². The summed E-state index contributed by atoms with van der Waals surface area (Å²) in [6.07, 6.45) is 30.5. The van der Waals surface area contributed by atoms with Gasteiger partial charge in [0.05, 0.1) is 0 Å². The Bertz CT molecular complexity index is 383. The molecule has 0 unspecified atom stereocenters. The van der Waals surface area contributed by atoms with Gasteiger partial charge < -0.3 is 4.74 Å². The minimum atomic E-state index is -0.995. The van der Waals surface area contributed by atoms with Gasteiger partial charge in [0.1, 0.15) is 0 Å². The van der Waals surface area contributed by atoms with Crippen LogP contribution in [0.3, 0.4) is 0 Å². The molecule has 0 rings (SSSR count). The first-order valence-electron chi connectivity index (χ1n) is 14.6. The summed E-state index contributed by atoms with van der Waals surface area (Å²) in [7, 11) is -0.995. The van der Waals surface area contributed by atoms with E-state index in [1.54, 1.807) is 57.3 Å². The summed E-state index contributed by atoms with van der Waals surface area (Å²) in [4.78, 5) is 20.1. The Labute approximate surface area is 208 Å². The second kappa shape index (κ2) is 26.2. The van der Waals surface area contributed by atoms with Gasteiger partial charge in [0.2, 0.25) is 0 Å². The van der Waals surface area contributed by atoms with Gasteiger partial charge in [-0.25, -0.2) is 0 Å². The van der Waals surface area contributed by atoms with E-state index in [-0.39, 0.29) is 6.42 Å². The fourth-order valence-corrected chi connectivity index (χ4v) is 10.2. The second-order valence-electron chi connectivity index (χ2n) is 10.1. The van der Waals surface area contributed by atoms with Crippen LogP contribution in [0.5, 0.6) is 0 Å². The van der Waals surface area contributed by atoms with Gasteiger partial charge in [-0.3, -0.25) is 9.59 Å². The molecule has 0 N–H and O–H groups in total. The number of esters is 2. The summed E-state index contributed by atoms with van der Waals surface area (Å²) in [5.74, 6) is -1.02. The van der Waals surface area contributed by atoms with E-state index in [1.165, 1.54) is 84.0 Å². The molecule has 0 radical (unpaired) electrons. The quantitative estimate of drug-likeness (QED) is 0.0699. The van der Waals surface area contributed by atoms with E-state index in [0.717, 1.165) is 0 Å². The van der Waals surface area contributed by atoms with Gasteiger partial charge in [0.15, 0.2) is 0 Å². The molecule has 0 fully saturated rings. The van der Waals surface area contributed by atoms with E-state index in [9.17, 15) is 9.59 Å². The van der Waals surface area contributed by atoms with Crippen LogP contribution >= 0.6 is 7.26 Å². The first-order valence-corrected chi connectivity index (χ1v) is 17.4. The molecule has 33 heavy (non-hydrogen) atoms. The molecule has 4 heteroatoms. The van der Waals surface area contributed by atoms with Crippen molar-refractivity contribution in [1.29, 1.82) is 0 Å². The predicted octanol–water partition coefficient (Wildman–Crippen LogP) is 9.54. The Balaban J connectivity index is 0. The number of rotatable bonds is 21. The fourth-order valence-electron chi connectivity index (χ4n) is 4.69. The summed E-state index contributed by atoms with van der Waals surface area (Å²) in [5.41, 5.74) is 0. The van der Waals surface area contributed by atoms with E-state index in [2.05, 4.69) is 32.4 Å². The Morgan fingerprint density at radius 3 is 1.00 bits per heavy atom. The van der Waals surface area contributed by atoms with Crippen molar-refractivity contribution < 1.29 is 14.3 Å². The fraction of sp³-hybridized carbons (Fsp3) is 0.931. The van der Waals surface area contributed by atoms with Gasteiger partial charge >= 0.3 is 174 Å². The van der Waals surface area contributed by atoms with Gasteiger partial charge in [0, 0.05) is 13.3 Å².